The normalized spacial score (nSPS) is 14.3. The van der Waals surface area contributed by atoms with Crippen molar-refractivity contribution in [2.75, 3.05) is 25.0 Å². The Morgan fingerprint density at radius 1 is 0.725 bits per heavy atom. The molecule has 2 heterocycles. The minimum absolute atomic E-state index is 0.0705. The van der Waals surface area contributed by atoms with Crippen LogP contribution in [0.2, 0.25) is 0 Å². The summed E-state index contributed by atoms with van der Waals surface area (Å²) >= 11 is 0. The molecule has 4 aromatic carbocycles. The van der Waals surface area contributed by atoms with Gasteiger partial charge in [-0.25, -0.2) is 0 Å². The molecule has 1 amide bonds. The molecular weight excluding hydrogens is 496 g/mol. The molecule has 6 nitrogen and oxygen atoms in total. The zero-order valence-electron chi connectivity index (χ0n) is 22.2. The number of aliphatic imine (C=N–C) groups is 2. The number of amides is 1. The van der Waals surface area contributed by atoms with Crippen molar-refractivity contribution in [2.24, 2.45) is 9.98 Å². The summed E-state index contributed by atoms with van der Waals surface area (Å²) in [6, 6.07) is 31.0. The first-order valence-electron chi connectivity index (χ1n) is 13.7. The average Bonchev–Trinajstić information content (AvgIpc) is 3.73. The number of Topliss-reactive ketones (excluding diaryl/α,β-unsaturated/α-hetero) is 1. The van der Waals surface area contributed by atoms with Gasteiger partial charge in [-0.3, -0.25) is 19.6 Å². The van der Waals surface area contributed by atoms with Gasteiger partial charge in [0.15, 0.2) is 5.78 Å². The highest BCUT2D eigenvalue weighted by Gasteiger charge is 2.13. The molecule has 0 fully saturated rings. The van der Waals surface area contributed by atoms with Gasteiger partial charge in [0.05, 0.1) is 6.54 Å². The first-order chi connectivity index (χ1) is 19.6. The molecule has 0 aromatic heterocycles. The molecule has 4 aromatic rings. The minimum atomic E-state index is -0.155. The molecule has 0 atom stereocenters. The minimum Gasteiger partial charge on any atom is -0.368 e. The highest BCUT2D eigenvalue weighted by molar-refractivity contribution is 6.06. The summed E-state index contributed by atoms with van der Waals surface area (Å²) in [6.07, 6.45) is 2.40. The standard InChI is InChI=1S/C34H30N4O2/c39-32(21-23-4-1-6-29(20-23)33-36-18-19-37-33)26-13-9-24(10-14-26)25-11-15-27(16-12-25)34(40)38-30-7-2-5-28(22-30)31-8-3-17-35-31/h1-2,4-7,9-16,20,22H,3,8,17-19,21H2,(H,36,37)(H,38,40). The van der Waals surface area contributed by atoms with Crippen LogP contribution in [0.4, 0.5) is 5.69 Å². The van der Waals surface area contributed by atoms with E-state index in [2.05, 4.69) is 20.6 Å². The molecule has 40 heavy (non-hydrogen) atoms. The van der Waals surface area contributed by atoms with Crippen LogP contribution in [0.15, 0.2) is 107 Å². The summed E-state index contributed by atoms with van der Waals surface area (Å²) in [5.41, 5.74) is 8.14. The molecule has 198 valence electrons. The second-order valence-electron chi connectivity index (χ2n) is 10.1. The molecule has 0 radical (unpaired) electrons. The third kappa shape index (κ3) is 5.76. The highest BCUT2D eigenvalue weighted by atomic mass is 16.1. The lowest BCUT2D eigenvalue weighted by molar-refractivity contribution is 0.0991. The van der Waals surface area contributed by atoms with Gasteiger partial charge in [-0.15, -0.1) is 0 Å². The molecule has 0 spiro atoms. The third-order valence-corrected chi connectivity index (χ3v) is 7.25. The Labute approximate surface area is 233 Å². The molecule has 2 aliphatic rings. The quantitative estimate of drug-likeness (QED) is 0.278. The van der Waals surface area contributed by atoms with Gasteiger partial charge in [0.25, 0.3) is 5.91 Å². The highest BCUT2D eigenvalue weighted by Crippen LogP contribution is 2.23. The van der Waals surface area contributed by atoms with Crippen LogP contribution in [0, 0.1) is 0 Å². The lowest BCUT2D eigenvalue weighted by Crippen LogP contribution is -2.19. The molecule has 0 aliphatic carbocycles. The van der Waals surface area contributed by atoms with Gasteiger partial charge in [0.1, 0.15) is 5.84 Å². The maximum atomic E-state index is 13.0. The lowest BCUT2D eigenvalue weighted by Gasteiger charge is -2.09. The Kier molecular flexibility index (Phi) is 7.31. The van der Waals surface area contributed by atoms with Crippen LogP contribution in [-0.2, 0) is 6.42 Å². The molecule has 0 unspecified atom stereocenters. The predicted octanol–water partition coefficient (Wildman–Crippen LogP) is 5.96. The van der Waals surface area contributed by atoms with Gasteiger partial charge in [0, 0.05) is 47.6 Å². The van der Waals surface area contributed by atoms with E-state index in [-0.39, 0.29) is 11.7 Å². The van der Waals surface area contributed by atoms with Crippen molar-refractivity contribution < 1.29 is 9.59 Å². The van der Waals surface area contributed by atoms with Crippen molar-refractivity contribution in [1.29, 1.82) is 0 Å². The largest absolute Gasteiger partial charge is 0.368 e. The van der Waals surface area contributed by atoms with Gasteiger partial charge in [-0.1, -0.05) is 66.7 Å². The Hall–Kier alpha value is -4.84. The number of nitrogens with one attached hydrogen (secondary N) is 2. The first kappa shape index (κ1) is 25.4. The van der Waals surface area contributed by atoms with Crippen molar-refractivity contribution >= 4 is 28.9 Å². The maximum Gasteiger partial charge on any atom is 0.255 e. The molecule has 0 saturated carbocycles. The average molecular weight is 527 g/mol. The van der Waals surface area contributed by atoms with Gasteiger partial charge in [-0.05, 0) is 65.4 Å². The van der Waals surface area contributed by atoms with Gasteiger partial charge in [-0.2, -0.15) is 0 Å². The van der Waals surface area contributed by atoms with Crippen LogP contribution in [0.5, 0.6) is 0 Å². The number of hydrogen-bond acceptors (Lipinski definition) is 5. The van der Waals surface area contributed by atoms with Gasteiger partial charge >= 0.3 is 0 Å². The van der Waals surface area contributed by atoms with E-state index >= 15 is 0 Å². The number of benzene rings is 4. The predicted molar refractivity (Wildman–Crippen MR) is 161 cm³/mol. The topological polar surface area (TPSA) is 82.9 Å². The van der Waals surface area contributed by atoms with E-state index < -0.39 is 0 Å². The van der Waals surface area contributed by atoms with Crippen LogP contribution >= 0.6 is 0 Å². The van der Waals surface area contributed by atoms with E-state index in [9.17, 15) is 9.59 Å². The van der Waals surface area contributed by atoms with E-state index in [0.717, 1.165) is 77.5 Å². The number of amidine groups is 1. The number of carbonyl (C=O) groups is 2. The summed E-state index contributed by atoms with van der Waals surface area (Å²) in [5, 5.41) is 6.28. The van der Waals surface area contributed by atoms with Crippen LogP contribution in [0.1, 0.15) is 50.2 Å². The fourth-order valence-corrected chi connectivity index (χ4v) is 5.12. The Balaban J connectivity index is 1.09. The zero-order chi connectivity index (χ0) is 27.3. The number of hydrogen-bond donors (Lipinski definition) is 2. The number of carbonyl (C=O) groups excluding carboxylic acids is 2. The van der Waals surface area contributed by atoms with E-state index in [1.54, 1.807) is 0 Å². The van der Waals surface area contributed by atoms with Crippen LogP contribution < -0.4 is 10.6 Å². The number of ketones is 1. The molecule has 0 bridgehead atoms. The van der Waals surface area contributed by atoms with Crippen molar-refractivity contribution in [3.63, 3.8) is 0 Å². The Morgan fingerprint density at radius 2 is 1.45 bits per heavy atom. The van der Waals surface area contributed by atoms with Crippen molar-refractivity contribution in [2.45, 2.75) is 19.3 Å². The fraction of sp³-hybridized carbons (Fsp3) is 0.176. The van der Waals surface area contributed by atoms with Gasteiger partial charge in [0.2, 0.25) is 0 Å². The van der Waals surface area contributed by atoms with Crippen molar-refractivity contribution in [3.05, 3.63) is 125 Å². The summed E-state index contributed by atoms with van der Waals surface area (Å²) < 4.78 is 0. The summed E-state index contributed by atoms with van der Waals surface area (Å²) in [4.78, 5) is 34.9. The third-order valence-electron chi connectivity index (χ3n) is 7.25. The SMILES string of the molecule is O=C(Cc1cccc(C2=NCCN2)c1)c1ccc(-c2ccc(C(=O)Nc3cccc(C4=NCCC4)c3)cc2)cc1. The van der Waals surface area contributed by atoms with Crippen molar-refractivity contribution in [3.8, 4) is 11.1 Å². The van der Waals surface area contributed by atoms with Gasteiger partial charge < -0.3 is 10.6 Å². The number of anilines is 1. The smallest absolute Gasteiger partial charge is 0.255 e. The summed E-state index contributed by atoms with van der Waals surface area (Å²) in [7, 11) is 0. The molecule has 2 N–H and O–H groups in total. The fourth-order valence-electron chi connectivity index (χ4n) is 5.12. The summed E-state index contributed by atoms with van der Waals surface area (Å²) in [6.45, 7) is 2.51. The molecular formula is C34H30N4O2. The lowest BCUT2D eigenvalue weighted by atomic mass is 9.98. The summed E-state index contributed by atoms with van der Waals surface area (Å²) in [5.74, 6) is 0.810. The van der Waals surface area contributed by atoms with E-state index in [0.29, 0.717) is 17.5 Å². The number of nitrogens with zero attached hydrogens (tertiary/aromatic N) is 2. The Morgan fingerprint density at radius 3 is 2.15 bits per heavy atom. The van der Waals surface area contributed by atoms with E-state index in [1.165, 1.54) is 0 Å². The monoisotopic (exact) mass is 526 g/mol. The second-order valence-corrected chi connectivity index (χ2v) is 10.1. The van der Waals surface area contributed by atoms with Crippen LogP contribution in [-0.4, -0.2) is 42.9 Å². The van der Waals surface area contributed by atoms with E-state index in [4.69, 9.17) is 0 Å². The zero-order valence-corrected chi connectivity index (χ0v) is 22.2. The van der Waals surface area contributed by atoms with E-state index in [1.807, 2.05) is 97.1 Å². The maximum absolute atomic E-state index is 13.0. The first-order valence-corrected chi connectivity index (χ1v) is 13.7. The van der Waals surface area contributed by atoms with Crippen LogP contribution in [0.25, 0.3) is 11.1 Å². The second kappa shape index (κ2) is 11.5. The Bertz CT molecular complexity index is 1500. The number of rotatable bonds is 8. The van der Waals surface area contributed by atoms with Crippen molar-refractivity contribution in [1.82, 2.24) is 5.32 Å². The molecule has 6 heteroatoms. The molecule has 0 saturated heterocycles. The molecule has 2 aliphatic heterocycles. The molecule has 6 rings (SSSR count). The van der Waals surface area contributed by atoms with Crippen LogP contribution in [0.3, 0.4) is 0 Å².